The summed E-state index contributed by atoms with van der Waals surface area (Å²) in [5.41, 5.74) is 2.15. The Morgan fingerprint density at radius 1 is 1.10 bits per heavy atom. The fraction of sp³-hybridized carbons (Fsp3) is 0.515. The molecule has 0 saturated carbocycles. The van der Waals surface area contributed by atoms with Crippen LogP contribution < -0.4 is 10.6 Å². The van der Waals surface area contributed by atoms with Gasteiger partial charge in [-0.25, -0.2) is 4.79 Å². The third kappa shape index (κ3) is 11.1. The molecule has 2 aromatic rings. The molecule has 0 aromatic heterocycles. The van der Waals surface area contributed by atoms with E-state index in [1.54, 1.807) is 32.5 Å². The minimum atomic E-state index is -1.04. The molecule has 2 aromatic carbocycles. The highest BCUT2D eigenvalue weighted by atomic mass is 32.2. The molecule has 0 radical (unpaired) electrons. The lowest BCUT2D eigenvalue weighted by Gasteiger charge is -2.29. The number of benzene rings is 2. The number of rotatable bonds is 15. The number of allylic oxidation sites excluding steroid dienone is 1. The molecule has 0 heterocycles. The molecule has 3 unspecified atom stereocenters. The molecule has 0 saturated heterocycles. The largest absolute Gasteiger partial charge is 0.444 e. The summed E-state index contributed by atoms with van der Waals surface area (Å²) >= 11 is 1.70. The summed E-state index contributed by atoms with van der Waals surface area (Å²) in [6.07, 6.45) is 3.59. The van der Waals surface area contributed by atoms with Gasteiger partial charge in [-0.3, -0.25) is 4.79 Å². The van der Waals surface area contributed by atoms with Crippen molar-refractivity contribution in [3.8, 4) is 0 Å². The summed E-state index contributed by atoms with van der Waals surface area (Å²) in [6.45, 7) is 5.49. The molecule has 1 aliphatic carbocycles. The zero-order valence-electron chi connectivity index (χ0n) is 24.9. The number of nitrogens with one attached hydrogen (secondary N) is 2. The summed E-state index contributed by atoms with van der Waals surface area (Å²) < 4.78 is 5.46. The van der Waals surface area contributed by atoms with Crippen LogP contribution in [0.15, 0.2) is 66.7 Å². The molecule has 2 amide bonds. The maximum absolute atomic E-state index is 13.7. The predicted octanol–water partition coefficient (Wildman–Crippen LogP) is 4.33. The third-order valence-electron chi connectivity index (χ3n) is 7.11. The molecule has 0 bridgehead atoms. The minimum absolute atomic E-state index is 0.103. The second-order valence-corrected chi connectivity index (χ2v) is 12.9. The topological polar surface area (TPSA) is 128 Å². The van der Waals surface area contributed by atoms with Crippen LogP contribution in [0.3, 0.4) is 0 Å². The zero-order chi connectivity index (χ0) is 30.5. The lowest BCUT2D eigenvalue weighted by molar-refractivity contribution is -0.127. The number of fused-ring (bicyclic) bond motifs is 1. The van der Waals surface area contributed by atoms with Crippen LogP contribution in [-0.4, -0.2) is 69.3 Å². The van der Waals surface area contributed by atoms with Gasteiger partial charge in [0.25, 0.3) is 0 Å². The molecule has 42 heavy (non-hydrogen) atoms. The smallest absolute Gasteiger partial charge is 0.407 e. The first-order valence-corrected chi connectivity index (χ1v) is 15.8. The number of hydrogen-bond donors (Lipinski definition) is 5. The van der Waals surface area contributed by atoms with E-state index in [1.807, 2.05) is 66.7 Å². The van der Waals surface area contributed by atoms with E-state index in [1.165, 1.54) is 0 Å². The Balaban J connectivity index is 1.76. The van der Waals surface area contributed by atoms with Gasteiger partial charge in [0.2, 0.25) is 5.91 Å². The van der Waals surface area contributed by atoms with Crippen molar-refractivity contribution in [3.63, 3.8) is 0 Å². The van der Waals surface area contributed by atoms with Crippen LogP contribution in [-0.2, 0) is 22.4 Å². The number of alkyl carbamates (subject to hydrolysis) is 1. The first-order chi connectivity index (χ1) is 20.1. The number of thioether (sulfide) groups is 1. The summed E-state index contributed by atoms with van der Waals surface area (Å²) in [4.78, 5) is 26.4. The number of carbonyl (C=O) groups excluding carboxylic acids is 2. The molecule has 0 spiro atoms. The third-order valence-corrected chi connectivity index (χ3v) is 8.12. The van der Waals surface area contributed by atoms with Crippen LogP contribution in [0.2, 0.25) is 0 Å². The number of aliphatic hydroxyl groups is 3. The van der Waals surface area contributed by atoms with E-state index in [0.29, 0.717) is 19.3 Å². The van der Waals surface area contributed by atoms with E-state index in [2.05, 4.69) is 10.6 Å². The van der Waals surface area contributed by atoms with Crippen molar-refractivity contribution in [2.45, 2.75) is 82.8 Å². The minimum Gasteiger partial charge on any atom is -0.444 e. The van der Waals surface area contributed by atoms with Gasteiger partial charge in [-0.2, -0.15) is 11.8 Å². The van der Waals surface area contributed by atoms with E-state index in [4.69, 9.17) is 9.84 Å². The van der Waals surface area contributed by atoms with Gasteiger partial charge in [-0.05, 0) is 68.9 Å². The molecule has 230 valence electrons. The fourth-order valence-corrected chi connectivity index (χ4v) is 5.81. The van der Waals surface area contributed by atoms with E-state index < -0.39 is 41.9 Å². The monoisotopic (exact) mass is 598 g/mol. The zero-order valence-corrected chi connectivity index (χ0v) is 25.7. The van der Waals surface area contributed by atoms with Gasteiger partial charge in [0.15, 0.2) is 0 Å². The van der Waals surface area contributed by atoms with Gasteiger partial charge in [-0.1, -0.05) is 66.7 Å². The standard InChI is InChI=1S/C33H46N2O6S/c1-33(2,3)41-32(40)34-27(20-23-12-5-4-6-13-23)28(37)22-25(15-9-10-18-42-19-11-17-36)31(39)35-30-26-16-8-7-14-24(26)21-29(30)38/h4-10,12-14,16,25,27-30,36-38H,11,15,17-22H2,1-3H3,(H,34,40)(H,35,39)/b10-9+/t25?,27?,28?,29-,30-/m0/s1. The average molecular weight is 599 g/mol. The molecule has 5 N–H and O–H groups in total. The van der Waals surface area contributed by atoms with Gasteiger partial charge in [0.05, 0.1) is 24.3 Å². The van der Waals surface area contributed by atoms with Crippen LogP contribution in [0.5, 0.6) is 0 Å². The molecule has 0 fully saturated rings. The summed E-state index contributed by atoms with van der Waals surface area (Å²) in [6, 6.07) is 16.0. The van der Waals surface area contributed by atoms with Crippen molar-refractivity contribution in [3.05, 3.63) is 83.4 Å². The van der Waals surface area contributed by atoms with Crippen molar-refractivity contribution < 1.29 is 29.6 Å². The number of amides is 2. The first-order valence-electron chi connectivity index (χ1n) is 14.7. The van der Waals surface area contributed by atoms with Gasteiger partial charge >= 0.3 is 6.09 Å². The molecule has 0 aliphatic heterocycles. The van der Waals surface area contributed by atoms with Crippen LogP contribution >= 0.6 is 11.8 Å². The maximum Gasteiger partial charge on any atom is 0.407 e. The van der Waals surface area contributed by atoms with E-state index in [-0.39, 0.29) is 18.9 Å². The fourth-order valence-electron chi connectivity index (χ4n) is 5.04. The molecule has 3 rings (SSSR count). The lowest BCUT2D eigenvalue weighted by Crippen LogP contribution is -2.48. The summed E-state index contributed by atoms with van der Waals surface area (Å²) in [5.74, 6) is 0.739. The lowest BCUT2D eigenvalue weighted by atomic mass is 9.90. The van der Waals surface area contributed by atoms with Crippen molar-refractivity contribution in [2.24, 2.45) is 5.92 Å². The van der Waals surface area contributed by atoms with Crippen molar-refractivity contribution in [1.29, 1.82) is 0 Å². The number of hydrogen-bond acceptors (Lipinski definition) is 7. The van der Waals surface area contributed by atoms with Gasteiger partial charge in [0, 0.05) is 24.7 Å². The van der Waals surface area contributed by atoms with Crippen molar-refractivity contribution in [2.75, 3.05) is 18.1 Å². The maximum atomic E-state index is 13.7. The molecule has 1 aliphatic rings. The molecule has 9 heteroatoms. The Labute approximate surface area is 253 Å². The number of carbonyl (C=O) groups is 2. The normalized spacial score (nSPS) is 18.7. The summed E-state index contributed by atoms with van der Waals surface area (Å²) in [5, 5.41) is 37.0. The van der Waals surface area contributed by atoms with Crippen LogP contribution in [0.1, 0.15) is 62.8 Å². The van der Waals surface area contributed by atoms with Crippen molar-refractivity contribution in [1.82, 2.24) is 10.6 Å². The van der Waals surface area contributed by atoms with Crippen LogP contribution in [0.4, 0.5) is 4.79 Å². The van der Waals surface area contributed by atoms with Gasteiger partial charge in [0.1, 0.15) is 5.60 Å². The van der Waals surface area contributed by atoms with E-state index >= 15 is 0 Å². The van der Waals surface area contributed by atoms with E-state index in [0.717, 1.165) is 34.6 Å². The van der Waals surface area contributed by atoms with Crippen LogP contribution in [0, 0.1) is 5.92 Å². The second-order valence-electron chi connectivity index (χ2n) is 11.8. The Kier molecular flexibility index (Phi) is 13.4. The van der Waals surface area contributed by atoms with Crippen LogP contribution in [0.25, 0.3) is 0 Å². The number of ether oxygens (including phenoxy) is 1. The molecule has 5 atom stereocenters. The van der Waals surface area contributed by atoms with Gasteiger partial charge < -0.3 is 30.7 Å². The Hall–Kier alpha value is -2.85. The quantitative estimate of drug-likeness (QED) is 0.153. The van der Waals surface area contributed by atoms with Crippen molar-refractivity contribution >= 4 is 23.8 Å². The highest BCUT2D eigenvalue weighted by molar-refractivity contribution is 7.99. The highest BCUT2D eigenvalue weighted by Gasteiger charge is 2.35. The van der Waals surface area contributed by atoms with E-state index in [9.17, 15) is 19.8 Å². The van der Waals surface area contributed by atoms with Gasteiger partial charge in [-0.15, -0.1) is 0 Å². The molecule has 8 nitrogen and oxygen atoms in total. The summed E-state index contributed by atoms with van der Waals surface area (Å²) in [7, 11) is 0. The second kappa shape index (κ2) is 16.7. The average Bonchev–Trinajstić information content (AvgIpc) is 3.25. The Morgan fingerprint density at radius 3 is 2.52 bits per heavy atom. The highest BCUT2D eigenvalue weighted by Crippen LogP contribution is 2.32. The Morgan fingerprint density at radius 2 is 1.81 bits per heavy atom. The molecular weight excluding hydrogens is 552 g/mol. The Bertz CT molecular complexity index is 1150. The number of aliphatic hydroxyl groups excluding tert-OH is 3. The molecular formula is C33H46N2O6S. The first kappa shape index (κ1) is 33.6. The predicted molar refractivity (Wildman–Crippen MR) is 167 cm³/mol. The SMILES string of the molecule is CC(C)(C)OC(=O)NC(Cc1ccccc1)C(O)CC(C/C=C/CSCCCO)C(=O)N[C@H]1c2ccccc2C[C@@H]1O.